The van der Waals surface area contributed by atoms with Crippen molar-refractivity contribution in [2.45, 2.75) is 63.9 Å². The fourth-order valence-corrected chi connectivity index (χ4v) is 6.10. The number of rotatable bonds is 13. The predicted molar refractivity (Wildman–Crippen MR) is 161 cm³/mol. The van der Waals surface area contributed by atoms with E-state index in [9.17, 15) is 18.0 Å². The SMILES string of the molecule is CCC(C)NC(=O)C(CC)N(CCc1ccccc1)C(=O)CN(c1cccc(Cl)c1C)S(=O)(=O)c1ccccc1. The zero-order valence-electron chi connectivity index (χ0n) is 23.5. The molecule has 0 heterocycles. The first-order valence-corrected chi connectivity index (χ1v) is 15.4. The molecule has 0 aliphatic rings. The molecule has 0 fully saturated rings. The van der Waals surface area contributed by atoms with Crippen LogP contribution in [0.4, 0.5) is 5.69 Å². The van der Waals surface area contributed by atoms with E-state index in [2.05, 4.69) is 5.32 Å². The summed E-state index contributed by atoms with van der Waals surface area (Å²) in [6.07, 6.45) is 1.64. The monoisotopic (exact) mass is 583 g/mol. The Morgan fingerprint density at radius 3 is 2.12 bits per heavy atom. The van der Waals surface area contributed by atoms with Crippen molar-refractivity contribution in [1.29, 1.82) is 0 Å². The largest absolute Gasteiger partial charge is 0.352 e. The van der Waals surface area contributed by atoms with Gasteiger partial charge >= 0.3 is 0 Å². The van der Waals surface area contributed by atoms with Crippen LogP contribution in [0.5, 0.6) is 0 Å². The zero-order chi connectivity index (χ0) is 29.3. The molecule has 3 aromatic carbocycles. The fraction of sp³-hybridized carbons (Fsp3) is 0.355. The molecule has 2 amide bonds. The van der Waals surface area contributed by atoms with Crippen LogP contribution in [0.25, 0.3) is 0 Å². The van der Waals surface area contributed by atoms with Crippen LogP contribution in [-0.4, -0.2) is 50.3 Å². The lowest BCUT2D eigenvalue weighted by Crippen LogP contribution is -2.54. The molecule has 1 N–H and O–H groups in total. The van der Waals surface area contributed by atoms with E-state index >= 15 is 0 Å². The van der Waals surface area contributed by atoms with Crippen molar-refractivity contribution in [1.82, 2.24) is 10.2 Å². The van der Waals surface area contributed by atoms with E-state index in [0.717, 1.165) is 16.3 Å². The Morgan fingerprint density at radius 2 is 1.52 bits per heavy atom. The highest BCUT2D eigenvalue weighted by Gasteiger charge is 2.34. The summed E-state index contributed by atoms with van der Waals surface area (Å²) in [4.78, 5) is 29.0. The number of carbonyl (C=O) groups is 2. The van der Waals surface area contributed by atoms with Crippen molar-refractivity contribution in [3.8, 4) is 0 Å². The van der Waals surface area contributed by atoms with Crippen LogP contribution in [0.2, 0.25) is 5.02 Å². The highest BCUT2D eigenvalue weighted by Crippen LogP contribution is 2.31. The van der Waals surface area contributed by atoms with Crippen LogP contribution in [-0.2, 0) is 26.0 Å². The molecule has 0 aliphatic heterocycles. The second-order valence-corrected chi connectivity index (χ2v) is 12.0. The molecule has 40 heavy (non-hydrogen) atoms. The van der Waals surface area contributed by atoms with E-state index in [1.165, 1.54) is 17.0 Å². The van der Waals surface area contributed by atoms with E-state index in [1.807, 2.05) is 51.1 Å². The lowest BCUT2D eigenvalue weighted by molar-refractivity contribution is -0.139. The van der Waals surface area contributed by atoms with Gasteiger partial charge < -0.3 is 10.2 Å². The maximum atomic E-state index is 14.1. The van der Waals surface area contributed by atoms with E-state index in [0.29, 0.717) is 29.1 Å². The van der Waals surface area contributed by atoms with E-state index in [4.69, 9.17) is 11.6 Å². The molecule has 0 radical (unpaired) electrons. The molecule has 2 atom stereocenters. The van der Waals surface area contributed by atoms with Crippen molar-refractivity contribution in [2.24, 2.45) is 0 Å². The third kappa shape index (κ3) is 7.64. The summed E-state index contributed by atoms with van der Waals surface area (Å²) >= 11 is 6.38. The topological polar surface area (TPSA) is 86.8 Å². The Bertz CT molecular complexity index is 1380. The molecule has 0 saturated carbocycles. The molecular formula is C31H38ClN3O4S. The smallest absolute Gasteiger partial charge is 0.264 e. The number of sulfonamides is 1. The first kappa shape index (κ1) is 31.2. The Balaban J connectivity index is 2.04. The van der Waals surface area contributed by atoms with Gasteiger partial charge in [0, 0.05) is 17.6 Å². The van der Waals surface area contributed by atoms with Gasteiger partial charge in [-0.1, -0.05) is 80.0 Å². The van der Waals surface area contributed by atoms with Gasteiger partial charge in [-0.05, 0) is 68.5 Å². The molecule has 0 spiro atoms. The minimum Gasteiger partial charge on any atom is -0.352 e. The molecule has 0 aliphatic carbocycles. The number of carbonyl (C=O) groups excluding carboxylic acids is 2. The summed E-state index contributed by atoms with van der Waals surface area (Å²) in [5.41, 5.74) is 1.86. The fourth-order valence-electron chi connectivity index (χ4n) is 4.44. The highest BCUT2D eigenvalue weighted by molar-refractivity contribution is 7.92. The number of hydrogen-bond acceptors (Lipinski definition) is 4. The standard InChI is InChI=1S/C31H38ClN3O4S/c1-5-23(3)33-31(37)28(6-2)34(21-20-25-14-9-7-10-15-25)30(36)22-35(29-19-13-18-27(32)24(29)4)40(38,39)26-16-11-8-12-17-26/h7-19,23,28H,5-6,20-22H2,1-4H3,(H,33,37). The van der Waals surface area contributed by atoms with Gasteiger partial charge in [0.05, 0.1) is 10.6 Å². The van der Waals surface area contributed by atoms with Gasteiger partial charge in [0.15, 0.2) is 0 Å². The summed E-state index contributed by atoms with van der Waals surface area (Å²) < 4.78 is 28.9. The van der Waals surface area contributed by atoms with Gasteiger partial charge in [0.1, 0.15) is 12.6 Å². The summed E-state index contributed by atoms with van der Waals surface area (Å²) in [6.45, 7) is 7.23. The number of halogens is 1. The van der Waals surface area contributed by atoms with Crippen molar-refractivity contribution < 1.29 is 18.0 Å². The van der Waals surface area contributed by atoms with Gasteiger partial charge in [0.2, 0.25) is 11.8 Å². The molecule has 0 saturated heterocycles. The lowest BCUT2D eigenvalue weighted by atomic mass is 10.1. The minimum atomic E-state index is -4.14. The van der Waals surface area contributed by atoms with Crippen LogP contribution >= 0.6 is 11.6 Å². The second-order valence-electron chi connectivity index (χ2n) is 9.77. The number of nitrogens with one attached hydrogen (secondary N) is 1. The number of nitrogens with zero attached hydrogens (tertiary/aromatic N) is 2. The number of anilines is 1. The minimum absolute atomic E-state index is 0.0552. The summed E-state index contributed by atoms with van der Waals surface area (Å²) in [5, 5.41) is 3.38. The summed E-state index contributed by atoms with van der Waals surface area (Å²) in [5.74, 6) is -0.726. The lowest BCUT2D eigenvalue weighted by Gasteiger charge is -2.34. The van der Waals surface area contributed by atoms with Gasteiger partial charge in [-0.2, -0.15) is 0 Å². The first-order chi connectivity index (χ1) is 19.1. The van der Waals surface area contributed by atoms with Crippen LogP contribution < -0.4 is 9.62 Å². The van der Waals surface area contributed by atoms with Crippen molar-refractivity contribution in [2.75, 3.05) is 17.4 Å². The Morgan fingerprint density at radius 1 is 0.900 bits per heavy atom. The van der Waals surface area contributed by atoms with Crippen LogP contribution in [0.15, 0.2) is 83.8 Å². The molecule has 2 unspecified atom stereocenters. The normalized spacial score (nSPS) is 12.8. The Kier molecular flexibility index (Phi) is 11.2. The van der Waals surface area contributed by atoms with Gasteiger partial charge in [-0.3, -0.25) is 13.9 Å². The third-order valence-electron chi connectivity index (χ3n) is 6.99. The Labute approximate surface area is 243 Å². The molecule has 214 valence electrons. The van der Waals surface area contributed by atoms with Crippen LogP contribution in [0, 0.1) is 6.92 Å². The average Bonchev–Trinajstić information content (AvgIpc) is 2.96. The molecule has 0 bridgehead atoms. The second kappa shape index (κ2) is 14.3. The van der Waals surface area contributed by atoms with Crippen molar-refractivity contribution >= 4 is 39.1 Å². The van der Waals surface area contributed by atoms with Crippen molar-refractivity contribution in [3.05, 3.63) is 95.0 Å². The summed E-state index contributed by atoms with van der Waals surface area (Å²) in [6, 6.07) is 21.8. The van der Waals surface area contributed by atoms with Crippen molar-refractivity contribution in [3.63, 3.8) is 0 Å². The van der Waals surface area contributed by atoms with E-state index in [-0.39, 0.29) is 23.4 Å². The Hall–Kier alpha value is -3.36. The number of benzene rings is 3. The molecule has 9 heteroatoms. The predicted octanol–water partition coefficient (Wildman–Crippen LogP) is 5.61. The number of amides is 2. The maximum Gasteiger partial charge on any atom is 0.264 e. The maximum absolute atomic E-state index is 14.1. The van der Waals surface area contributed by atoms with E-state index < -0.39 is 28.5 Å². The van der Waals surface area contributed by atoms with Gasteiger partial charge in [-0.15, -0.1) is 0 Å². The first-order valence-electron chi connectivity index (χ1n) is 13.6. The molecule has 3 aromatic rings. The number of hydrogen-bond donors (Lipinski definition) is 1. The van der Waals surface area contributed by atoms with Crippen LogP contribution in [0.1, 0.15) is 44.7 Å². The highest BCUT2D eigenvalue weighted by atomic mass is 35.5. The molecule has 3 rings (SSSR count). The summed E-state index contributed by atoms with van der Waals surface area (Å²) in [7, 11) is -4.14. The van der Waals surface area contributed by atoms with Gasteiger partial charge in [0.25, 0.3) is 10.0 Å². The van der Waals surface area contributed by atoms with E-state index in [1.54, 1.807) is 43.3 Å². The molecular weight excluding hydrogens is 546 g/mol. The molecule has 7 nitrogen and oxygen atoms in total. The zero-order valence-corrected chi connectivity index (χ0v) is 25.1. The molecule has 0 aromatic heterocycles. The third-order valence-corrected chi connectivity index (χ3v) is 9.17. The quantitative estimate of drug-likeness (QED) is 0.283. The van der Waals surface area contributed by atoms with Gasteiger partial charge in [-0.25, -0.2) is 8.42 Å². The van der Waals surface area contributed by atoms with Crippen LogP contribution in [0.3, 0.4) is 0 Å². The average molecular weight is 584 g/mol.